The molecular weight excluding hydrogens is 334 g/mol. The van der Waals surface area contributed by atoms with Crippen LogP contribution in [0.3, 0.4) is 0 Å². The molecule has 1 saturated heterocycles. The van der Waals surface area contributed by atoms with E-state index in [1.165, 1.54) is 0 Å². The fourth-order valence-electron chi connectivity index (χ4n) is 3.44. The molecular formula is C15H24ClN5O3. The number of hydrogen-bond donors (Lipinski definition) is 2. The molecule has 1 aromatic heterocycles. The van der Waals surface area contributed by atoms with Crippen molar-refractivity contribution in [2.24, 2.45) is 5.73 Å². The lowest BCUT2D eigenvalue weighted by Gasteiger charge is -2.22. The van der Waals surface area contributed by atoms with Gasteiger partial charge in [0.2, 0.25) is 5.89 Å². The summed E-state index contributed by atoms with van der Waals surface area (Å²) in [5.74, 6) is 0.466. The summed E-state index contributed by atoms with van der Waals surface area (Å²) in [6, 6.07) is -0.415. The zero-order valence-electron chi connectivity index (χ0n) is 14.0. The summed E-state index contributed by atoms with van der Waals surface area (Å²) in [5.41, 5.74) is 4.93. The van der Waals surface area contributed by atoms with Crippen LogP contribution in [-0.4, -0.2) is 32.5 Å². The smallest absolute Gasteiger partial charge is 0.325 e. The van der Waals surface area contributed by atoms with Crippen LogP contribution in [0.1, 0.15) is 64.1 Å². The topological polar surface area (TPSA) is 114 Å². The maximum Gasteiger partial charge on any atom is 0.325 e. The molecule has 0 unspecified atom stereocenters. The van der Waals surface area contributed by atoms with Gasteiger partial charge in [-0.1, -0.05) is 31.8 Å². The lowest BCUT2D eigenvalue weighted by Crippen LogP contribution is -2.45. The molecule has 3 amide bonds. The van der Waals surface area contributed by atoms with Crippen LogP contribution in [0.5, 0.6) is 0 Å². The Kier molecular flexibility index (Phi) is 5.19. The number of aromatic nitrogens is 2. The molecule has 0 atom stereocenters. The van der Waals surface area contributed by atoms with E-state index in [9.17, 15) is 9.59 Å². The molecule has 1 saturated carbocycles. The fraction of sp³-hybridized carbons (Fsp3) is 0.733. The molecule has 2 fully saturated rings. The number of hydrogen-bond acceptors (Lipinski definition) is 6. The number of nitrogens with zero attached hydrogens (tertiary/aromatic N) is 3. The summed E-state index contributed by atoms with van der Waals surface area (Å²) >= 11 is 0. The SMILES string of the molecule is CCC1(CC)NC(=O)N(Cc2nc(C3(N)CCCC3)no2)C1=O.Cl. The Morgan fingerprint density at radius 2 is 1.88 bits per heavy atom. The number of imide groups is 1. The summed E-state index contributed by atoms with van der Waals surface area (Å²) in [6.07, 6.45) is 4.83. The average molecular weight is 358 g/mol. The van der Waals surface area contributed by atoms with Gasteiger partial charge in [-0.25, -0.2) is 4.79 Å². The first-order valence-electron chi connectivity index (χ1n) is 8.20. The van der Waals surface area contributed by atoms with Gasteiger partial charge in [0.15, 0.2) is 5.82 Å². The normalized spacial score (nSPS) is 21.7. The minimum atomic E-state index is -0.819. The van der Waals surface area contributed by atoms with Crippen molar-refractivity contribution in [3.8, 4) is 0 Å². The highest BCUT2D eigenvalue weighted by atomic mass is 35.5. The lowest BCUT2D eigenvalue weighted by atomic mass is 9.93. The zero-order valence-corrected chi connectivity index (χ0v) is 14.8. The second kappa shape index (κ2) is 6.68. The Balaban J connectivity index is 0.00000208. The van der Waals surface area contributed by atoms with E-state index < -0.39 is 17.1 Å². The van der Waals surface area contributed by atoms with Crippen LogP contribution in [0, 0.1) is 0 Å². The maximum atomic E-state index is 12.6. The van der Waals surface area contributed by atoms with E-state index in [2.05, 4.69) is 15.5 Å². The number of nitrogens with one attached hydrogen (secondary N) is 1. The molecule has 0 spiro atoms. The van der Waals surface area contributed by atoms with E-state index in [-0.39, 0.29) is 30.7 Å². The maximum absolute atomic E-state index is 12.6. The number of carbonyl (C=O) groups excluding carboxylic acids is 2. The number of carbonyl (C=O) groups is 2. The van der Waals surface area contributed by atoms with Crippen molar-refractivity contribution in [3.05, 3.63) is 11.7 Å². The lowest BCUT2D eigenvalue weighted by molar-refractivity contribution is -0.132. The van der Waals surface area contributed by atoms with E-state index in [4.69, 9.17) is 10.3 Å². The van der Waals surface area contributed by atoms with Crippen LogP contribution < -0.4 is 11.1 Å². The number of halogens is 1. The van der Waals surface area contributed by atoms with Crippen molar-refractivity contribution < 1.29 is 14.1 Å². The van der Waals surface area contributed by atoms with Crippen molar-refractivity contribution in [1.29, 1.82) is 0 Å². The highest BCUT2D eigenvalue weighted by Crippen LogP contribution is 2.34. The molecule has 134 valence electrons. The Bertz CT molecular complexity index is 622. The Morgan fingerprint density at radius 3 is 2.42 bits per heavy atom. The van der Waals surface area contributed by atoms with Gasteiger partial charge >= 0.3 is 6.03 Å². The summed E-state index contributed by atoms with van der Waals surface area (Å²) in [5, 5.41) is 6.74. The van der Waals surface area contributed by atoms with E-state index in [1.54, 1.807) is 0 Å². The molecule has 24 heavy (non-hydrogen) atoms. The molecule has 8 nitrogen and oxygen atoms in total. The Labute approximate surface area is 146 Å². The second-order valence-corrected chi connectivity index (χ2v) is 6.49. The van der Waals surface area contributed by atoms with Crippen LogP contribution in [0.25, 0.3) is 0 Å². The molecule has 3 rings (SSSR count). The first kappa shape index (κ1) is 18.7. The Hall–Kier alpha value is -1.67. The molecule has 1 aliphatic heterocycles. The molecule has 3 N–H and O–H groups in total. The molecule has 1 aliphatic carbocycles. The number of rotatable bonds is 5. The zero-order chi connectivity index (χ0) is 16.7. The molecule has 1 aromatic rings. The number of urea groups is 1. The van der Waals surface area contributed by atoms with Crippen molar-refractivity contribution in [1.82, 2.24) is 20.4 Å². The third-order valence-corrected chi connectivity index (χ3v) is 5.16. The van der Waals surface area contributed by atoms with Gasteiger partial charge in [0.05, 0.1) is 5.54 Å². The average Bonchev–Trinajstić information content (AvgIpc) is 3.23. The fourth-order valence-corrected chi connectivity index (χ4v) is 3.44. The number of nitrogens with two attached hydrogens (primary N) is 1. The predicted molar refractivity (Wildman–Crippen MR) is 88.3 cm³/mol. The standard InChI is InChI=1S/C15H23N5O3.ClH/c1-3-15(4-2)12(21)20(13(22)18-15)9-10-17-11(19-23-10)14(16)7-5-6-8-14;/h3-9,16H2,1-2H3,(H,18,22);1H. The molecule has 0 aromatic carbocycles. The summed E-state index contributed by atoms with van der Waals surface area (Å²) < 4.78 is 5.22. The third kappa shape index (κ3) is 2.88. The van der Waals surface area contributed by atoms with Crippen molar-refractivity contribution >= 4 is 24.3 Å². The summed E-state index contributed by atoms with van der Waals surface area (Å²) in [6.45, 7) is 3.75. The van der Waals surface area contributed by atoms with E-state index >= 15 is 0 Å². The Morgan fingerprint density at radius 1 is 1.25 bits per heavy atom. The highest BCUT2D eigenvalue weighted by molar-refractivity contribution is 6.06. The highest BCUT2D eigenvalue weighted by Gasteiger charge is 2.49. The quantitative estimate of drug-likeness (QED) is 0.777. The molecule has 0 bridgehead atoms. The number of amides is 3. The summed E-state index contributed by atoms with van der Waals surface area (Å²) in [4.78, 5) is 30.1. The first-order chi connectivity index (χ1) is 10.9. The van der Waals surface area contributed by atoms with Gasteiger partial charge in [-0.3, -0.25) is 9.69 Å². The van der Waals surface area contributed by atoms with Crippen LogP contribution >= 0.6 is 12.4 Å². The second-order valence-electron chi connectivity index (χ2n) is 6.49. The van der Waals surface area contributed by atoms with Crippen LogP contribution in [0.4, 0.5) is 4.79 Å². The third-order valence-electron chi connectivity index (χ3n) is 5.16. The molecule has 2 aliphatic rings. The molecule has 0 radical (unpaired) electrons. The van der Waals surface area contributed by atoms with E-state index in [1.807, 2.05) is 13.8 Å². The minimum Gasteiger partial charge on any atom is -0.337 e. The van der Waals surface area contributed by atoms with Gasteiger partial charge in [-0.15, -0.1) is 12.4 Å². The van der Waals surface area contributed by atoms with Crippen LogP contribution in [0.2, 0.25) is 0 Å². The van der Waals surface area contributed by atoms with Gasteiger partial charge in [0.25, 0.3) is 5.91 Å². The van der Waals surface area contributed by atoms with Crippen molar-refractivity contribution in [3.63, 3.8) is 0 Å². The molecule has 9 heteroatoms. The predicted octanol–water partition coefficient (Wildman–Crippen LogP) is 1.83. The van der Waals surface area contributed by atoms with Gasteiger partial charge < -0.3 is 15.6 Å². The van der Waals surface area contributed by atoms with Gasteiger partial charge in [0, 0.05) is 0 Å². The monoisotopic (exact) mass is 357 g/mol. The first-order valence-corrected chi connectivity index (χ1v) is 8.20. The van der Waals surface area contributed by atoms with Crippen LogP contribution in [-0.2, 0) is 16.9 Å². The van der Waals surface area contributed by atoms with Gasteiger partial charge in [-0.2, -0.15) is 4.98 Å². The van der Waals surface area contributed by atoms with E-state index in [0.717, 1.165) is 30.6 Å². The largest absolute Gasteiger partial charge is 0.337 e. The van der Waals surface area contributed by atoms with Crippen molar-refractivity contribution in [2.45, 2.75) is 70.0 Å². The van der Waals surface area contributed by atoms with Gasteiger partial charge in [-0.05, 0) is 25.7 Å². The summed E-state index contributed by atoms with van der Waals surface area (Å²) in [7, 11) is 0. The van der Waals surface area contributed by atoms with Gasteiger partial charge in [0.1, 0.15) is 12.1 Å². The van der Waals surface area contributed by atoms with E-state index in [0.29, 0.717) is 18.7 Å². The van der Waals surface area contributed by atoms with Crippen molar-refractivity contribution in [2.75, 3.05) is 0 Å². The molecule has 2 heterocycles. The minimum absolute atomic E-state index is 0. The van der Waals surface area contributed by atoms with Crippen LogP contribution in [0.15, 0.2) is 4.52 Å².